The van der Waals surface area contributed by atoms with E-state index in [2.05, 4.69) is 25.7 Å². The summed E-state index contributed by atoms with van der Waals surface area (Å²) in [6.45, 7) is 2.88. The summed E-state index contributed by atoms with van der Waals surface area (Å²) in [7, 11) is 1.67. The van der Waals surface area contributed by atoms with Crippen LogP contribution in [0, 0.1) is 17.0 Å². The van der Waals surface area contributed by atoms with E-state index < -0.39 is 4.92 Å². The van der Waals surface area contributed by atoms with Crippen molar-refractivity contribution in [3.63, 3.8) is 0 Å². The van der Waals surface area contributed by atoms with Crippen LogP contribution in [-0.2, 0) is 6.54 Å². The van der Waals surface area contributed by atoms with E-state index >= 15 is 0 Å². The minimum atomic E-state index is -0.468. The molecule has 0 bridgehead atoms. The summed E-state index contributed by atoms with van der Waals surface area (Å²) in [4.78, 5) is 18.8. The molecular weight excluding hydrogens is 274 g/mol. The van der Waals surface area contributed by atoms with E-state index in [0.717, 1.165) is 13.0 Å². The van der Waals surface area contributed by atoms with Gasteiger partial charge in [0.25, 0.3) is 0 Å². The summed E-state index contributed by atoms with van der Waals surface area (Å²) in [5, 5.41) is 21.0. The van der Waals surface area contributed by atoms with Crippen molar-refractivity contribution in [2.75, 3.05) is 24.2 Å². The molecule has 0 atom stereocenters. The quantitative estimate of drug-likeness (QED) is 0.451. The first kappa shape index (κ1) is 14.7. The topological polar surface area (TPSA) is 111 Å². The Morgan fingerprint density at radius 2 is 2.24 bits per heavy atom. The Bertz CT molecular complexity index is 612. The lowest BCUT2D eigenvalue weighted by Gasteiger charge is -2.09. The highest BCUT2D eigenvalue weighted by atomic mass is 16.6. The molecule has 112 valence electrons. The van der Waals surface area contributed by atoms with Crippen LogP contribution < -0.4 is 10.6 Å². The summed E-state index contributed by atoms with van der Waals surface area (Å²) in [5.74, 6) is 0.588. The number of nitro groups is 1. The Morgan fingerprint density at radius 3 is 2.86 bits per heavy atom. The number of nitrogens with zero attached hydrogens (tertiary/aromatic N) is 5. The summed E-state index contributed by atoms with van der Waals surface area (Å²) in [5.41, 5.74) is 0.238. The number of rotatable bonds is 7. The molecule has 0 fully saturated rings. The van der Waals surface area contributed by atoms with E-state index in [1.54, 1.807) is 24.9 Å². The maximum atomic E-state index is 11.1. The number of aromatic nitrogens is 4. The normalized spacial score (nSPS) is 10.4. The maximum absolute atomic E-state index is 11.1. The molecule has 0 aliphatic carbocycles. The third-order valence-electron chi connectivity index (χ3n) is 2.88. The second kappa shape index (κ2) is 6.64. The SMILES string of the molecule is CNc1nc(C)c([N+](=O)[O-])c(NCCCn2cccn2)n1. The number of aryl methyl sites for hydroxylation is 2. The Balaban J connectivity index is 2.03. The van der Waals surface area contributed by atoms with E-state index in [-0.39, 0.29) is 11.5 Å². The van der Waals surface area contributed by atoms with Gasteiger partial charge in [-0.05, 0) is 19.4 Å². The predicted molar refractivity (Wildman–Crippen MR) is 78.3 cm³/mol. The van der Waals surface area contributed by atoms with Gasteiger partial charge in [-0.3, -0.25) is 14.8 Å². The molecule has 21 heavy (non-hydrogen) atoms. The van der Waals surface area contributed by atoms with Crippen molar-refractivity contribution in [1.29, 1.82) is 0 Å². The highest BCUT2D eigenvalue weighted by molar-refractivity contribution is 5.60. The van der Waals surface area contributed by atoms with Gasteiger partial charge in [0.05, 0.1) is 4.92 Å². The van der Waals surface area contributed by atoms with Gasteiger partial charge in [0.15, 0.2) is 0 Å². The lowest BCUT2D eigenvalue weighted by Crippen LogP contribution is -2.12. The summed E-state index contributed by atoms with van der Waals surface area (Å²) in [6.07, 6.45) is 4.36. The Morgan fingerprint density at radius 1 is 1.43 bits per heavy atom. The number of hydrogen-bond donors (Lipinski definition) is 2. The van der Waals surface area contributed by atoms with Crippen molar-refractivity contribution in [1.82, 2.24) is 19.7 Å². The Hall–Kier alpha value is -2.71. The van der Waals surface area contributed by atoms with Crippen molar-refractivity contribution >= 4 is 17.5 Å². The molecule has 2 heterocycles. The van der Waals surface area contributed by atoms with Crippen molar-refractivity contribution in [3.05, 3.63) is 34.3 Å². The zero-order valence-corrected chi connectivity index (χ0v) is 11.9. The van der Waals surface area contributed by atoms with Crippen LogP contribution in [-0.4, -0.2) is 38.3 Å². The van der Waals surface area contributed by atoms with Crippen LogP contribution in [0.25, 0.3) is 0 Å². The first-order valence-electron chi connectivity index (χ1n) is 6.54. The number of hydrogen-bond acceptors (Lipinski definition) is 7. The van der Waals surface area contributed by atoms with Crippen LogP contribution in [0.5, 0.6) is 0 Å². The first-order chi connectivity index (χ1) is 10.1. The lowest BCUT2D eigenvalue weighted by molar-refractivity contribution is -0.385. The summed E-state index contributed by atoms with van der Waals surface area (Å²) >= 11 is 0. The molecule has 0 unspecified atom stereocenters. The minimum absolute atomic E-state index is 0.0897. The van der Waals surface area contributed by atoms with Crippen LogP contribution in [0.3, 0.4) is 0 Å². The molecule has 0 saturated heterocycles. The first-order valence-corrected chi connectivity index (χ1v) is 6.54. The van der Waals surface area contributed by atoms with E-state index in [9.17, 15) is 10.1 Å². The third-order valence-corrected chi connectivity index (χ3v) is 2.88. The molecule has 9 nitrogen and oxygen atoms in total. The van der Waals surface area contributed by atoms with Crippen molar-refractivity contribution in [2.24, 2.45) is 0 Å². The van der Waals surface area contributed by atoms with Crippen molar-refractivity contribution < 1.29 is 4.92 Å². The summed E-state index contributed by atoms with van der Waals surface area (Å²) in [6, 6.07) is 1.85. The van der Waals surface area contributed by atoms with Gasteiger partial charge < -0.3 is 10.6 Å². The molecule has 0 spiro atoms. The average molecular weight is 291 g/mol. The number of anilines is 2. The van der Waals surface area contributed by atoms with Gasteiger partial charge >= 0.3 is 5.69 Å². The fourth-order valence-electron chi connectivity index (χ4n) is 1.90. The fraction of sp³-hybridized carbons (Fsp3) is 0.417. The predicted octanol–water partition coefficient (Wildman–Crippen LogP) is 1.43. The van der Waals surface area contributed by atoms with Gasteiger partial charge in [-0.15, -0.1) is 0 Å². The standard InChI is InChI=1S/C12H17N7O2/c1-9-10(19(20)21)11(17-12(13-2)16-9)14-5-3-7-18-8-4-6-15-18/h4,6,8H,3,5,7H2,1-2H3,(H2,13,14,16,17). The largest absolute Gasteiger partial charge is 0.364 e. The Labute approximate surface area is 121 Å². The molecule has 2 N–H and O–H groups in total. The molecule has 0 amide bonds. The molecule has 0 aliphatic rings. The maximum Gasteiger partial charge on any atom is 0.332 e. The molecule has 2 rings (SSSR count). The van der Waals surface area contributed by atoms with E-state index in [1.165, 1.54) is 0 Å². The zero-order chi connectivity index (χ0) is 15.2. The van der Waals surface area contributed by atoms with Gasteiger partial charge in [-0.1, -0.05) is 0 Å². The van der Waals surface area contributed by atoms with Crippen LogP contribution in [0.2, 0.25) is 0 Å². The van der Waals surface area contributed by atoms with Crippen LogP contribution in [0.1, 0.15) is 12.1 Å². The molecule has 0 aromatic carbocycles. The molecule has 0 saturated carbocycles. The van der Waals surface area contributed by atoms with Gasteiger partial charge in [0.1, 0.15) is 5.69 Å². The number of nitrogens with one attached hydrogen (secondary N) is 2. The van der Waals surface area contributed by atoms with Gasteiger partial charge in [0, 0.05) is 32.5 Å². The molecular formula is C12H17N7O2. The molecule has 2 aromatic rings. The fourth-order valence-corrected chi connectivity index (χ4v) is 1.90. The average Bonchev–Trinajstić information content (AvgIpc) is 2.95. The zero-order valence-electron chi connectivity index (χ0n) is 11.9. The van der Waals surface area contributed by atoms with Crippen LogP contribution in [0.4, 0.5) is 17.5 Å². The smallest absolute Gasteiger partial charge is 0.332 e. The second-order valence-electron chi connectivity index (χ2n) is 4.39. The van der Waals surface area contributed by atoms with Gasteiger partial charge in [-0.2, -0.15) is 10.1 Å². The van der Waals surface area contributed by atoms with Crippen LogP contribution >= 0.6 is 0 Å². The third kappa shape index (κ3) is 3.65. The minimum Gasteiger partial charge on any atom is -0.364 e. The van der Waals surface area contributed by atoms with Crippen molar-refractivity contribution in [2.45, 2.75) is 19.9 Å². The lowest BCUT2D eigenvalue weighted by atomic mass is 10.3. The highest BCUT2D eigenvalue weighted by Crippen LogP contribution is 2.26. The van der Waals surface area contributed by atoms with Gasteiger partial charge in [-0.25, -0.2) is 4.98 Å². The molecule has 2 aromatic heterocycles. The Kier molecular flexibility index (Phi) is 4.64. The molecule has 9 heteroatoms. The second-order valence-corrected chi connectivity index (χ2v) is 4.39. The monoisotopic (exact) mass is 291 g/mol. The van der Waals surface area contributed by atoms with E-state index in [4.69, 9.17) is 0 Å². The van der Waals surface area contributed by atoms with Gasteiger partial charge in [0.2, 0.25) is 11.8 Å². The molecule has 0 aliphatic heterocycles. The van der Waals surface area contributed by atoms with E-state index in [1.807, 2.05) is 12.3 Å². The van der Waals surface area contributed by atoms with E-state index in [0.29, 0.717) is 18.2 Å². The molecule has 0 radical (unpaired) electrons. The van der Waals surface area contributed by atoms with Crippen molar-refractivity contribution in [3.8, 4) is 0 Å². The highest BCUT2D eigenvalue weighted by Gasteiger charge is 2.21. The van der Waals surface area contributed by atoms with Crippen LogP contribution in [0.15, 0.2) is 18.5 Å². The summed E-state index contributed by atoms with van der Waals surface area (Å²) < 4.78 is 1.81.